The second-order valence-electron chi connectivity index (χ2n) is 9.82. The quantitative estimate of drug-likeness (QED) is 0.223. The molecule has 36 heavy (non-hydrogen) atoms. The van der Waals surface area contributed by atoms with E-state index in [1.807, 2.05) is 0 Å². The fourth-order valence-electron chi connectivity index (χ4n) is 5.48. The molecule has 3 fully saturated rings. The molecule has 1 unspecified atom stereocenters. The first-order valence-corrected chi connectivity index (χ1v) is 12.8. The van der Waals surface area contributed by atoms with Crippen molar-refractivity contribution in [2.45, 2.75) is 51.0 Å². The van der Waals surface area contributed by atoms with Crippen LogP contribution in [0.25, 0.3) is 0 Å². The minimum Gasteiger partial charge on any atom is -0.378 e. The Bertz CT molecular complexity index is 929. The average Bonchev–Trinajstić information content (AvgIpc) is 3.61. The molecule has 1 aromatic heterocycles. The number of hydroxylamine groups is 2. The Balaban J connectivity index is 1.37. The van der Waals surface area contributed by atoms with E-state index in [0.717, 1.165) is 44.6 Å². The van der Waals surface area contributed by atoms with Gasteiger partial charge in [-0.05, 0) is 37.3 Å². The predicted octanol–water partition coefficient (Wildman–Crippen LogP) is 1.21. The molecular formula is C25H35N5O6. The lowest BCUT2D eigenvalue weighted by Crippen LogP contribution is -2.50. The van der Waals surface area contributed by atoms with Crippen molar-refractivity contribution < 1.29 is 29.1 Å². The maximum absolute atomic E-state index is 13.4. The number of imide groups is 1. The van der Waals surface area contributed by atoms with Crippen molar-refractivity contribution in [2.75, 3.05) is 44.3 Å². The molecule has 3 aliphatic rings. The van der Waals surface area contributed by atoms with Crippen LogP contribution in [0, 0.1) is 11.8 Å². The molecule has 1 saturated carbocycles. The van der Waals surface area contributed by atoms with Crippen molar-refractivity contribution in [2.24, 2.45) is 11.8 Å². The van der Waals surface area contributed by atoms with Gasteiger partial charge in [-0.3, -0.25) is 29.7 Å². The normalized spacial score (nSPS) is 21.3. The maximum atomic E-state index is 13.4. The summed E-state index contributed by atoms with van der Waals surface area (Å²) in [5.74, 6) is -0.836. The zero-order valence-electron chi connectivity index (χ0n) is 20.5. The van der Waals surface area contributed by atoms with Gasteiger partial charge in [0.15, 0.2) is 0 Å². The van der Waals surface area contributed by atoms with Crippen molar-refractivity contribution in [1.82, 2.24) is 20.3 Å². The lowest BCUT2D eigenvalue weighted by atomic mass is 9.91. The van der Waals surface area contributed by atoms with Gasteiger partial charge < -0.3 is 14.5 Å². The Morgan fingerprint density at radius 1 is 1.14 bits per heavy atom. The second kappa shape index (κ2) is 12.3. The highest BCUT2D eigenvalue weighted by molar-refractivity contribution is 6.06. The Morgan fingerprint density at radius 3 is 2.56 bits per heavy atom. The van der Waals surface area contributed by atoms with Crippen LogP contribution in [-0.4, -0.2) is 89.7 Å². The molecule has 0 radical (unpaired) electrons. The van der Waals surface area contributed by atoms with Gasteiger partial charge in [0.25, 0.3) is 5.91 Å². The van der Waals surface area contributed by atoms with Gasteiger partial charge in [-0.25, -0.2) is 10.0 Å². The third kappa shape index (κ3) is 6.38. The summed E-state index contributed by atoms with van der Waals surface area (Å²) in [6.07, 6.45) is 7.65. The van der Waals surface area contributed by atoms with Gasteiger partial charge in [-0.15, -0.1) is 0 Å². The van der Waals surface area contributed by atoms with Gasteiger partial charge in [0.05, 0.1) is 31.2 Å². The molecule has 11 heteroatoms. The molecular weight excluding hydrogens is 466 g/mol. The summed E-state index contributed by atoms with van der Waals surface area (Å²) in [5, 5.41) is 12.7. The van der Waals surface area contributed by atoms with E-state index in [4.69, 9.17) is 4.74 Å². The van der Waals surface area contributed by atoms with Crippen LogP contribution in [-0.2, 0) is 19.1 Å². The summed E-state index contributed by atoms with van der Waals surface area (Å²) in [4.78, 5) is 58.1. The highest BCUT2D eigenvalue weighted by Gasteiger charge is 2.39. The van der Waals surface area contributed by atoms with Gasteiger partial charge in [0, 0.05) is 25.8 Å². The van der Waals surface area contributed by atoms with Crippen LogP contribution in [0.3, 0.4) is 0 Å². The van der Waals surface area contributed by atoms with E-state index in [1.165, 1.54) is 11.1 Å². The van der Waals surface area contributed by atoms with E-state index in [2.05, 4.69) is 15.2 Å². The number of nitrogens with zero attached hydrogens (tertiary/aromatic N) is 4. The van der Waals surface area contributed by atoms with E-state index >= 15 is 0 Å². The molecule has 11 nitrogen and oxygen atoms in total. The van der Waals surface area contributed by atoms with E-state index in [0.29, 0.717) is 56.4 Å². The molecule has 196 valence electrons. The first kappa shape index (κ1) is 26.0. The minimum absolute atomic E-state index is 0.107. The van der Waals surface area contributed by atoms with Crippen LogP contribution < -0.4 is 10.2 Å². The van der Waals surface area contributed by atoms with Crippen LogP contribution in [0.5, 0.6) is 0 Å². The monoisotopic (exact) mass is 501 g/mol. The van der Waals surface area contributed by atoms with E-state index in [1.54, 1.807) is 12.1 Å². The fourth-order valence-corrected chi connectivity index (χ4v) is 5.48. The lowest BCUT2D eigenvalue weighted by Gasteiger charge is -2.30. The number of carbonyl (C=O) groups is 4. The van der Waals surface area contributed by atoms with Gasteiger partial charge in [-0.2, -0.15) is 0 Å². The fraction of sp³-hybridized carbons (Fsp3) is 0.640. The number of ether oxygens (including phenoxy) is 1. The van der Waals surface area contributed by atoms with Crippen molar-refractivity contribution in [3.05, 3.63) is 23.9 Å². The maximum Gasteiger partial charge on any atom is 0.259 e. The minimum atomic E-state index is -0.767. The summed E-state index contributed by atoms with van der Waals surface area (Å²) in [5.41, 5.74) is 0.261. The Kier molecular flexibility index (Phi) is 8.87. The highest BCUT2D eigenvalue weighted by Crippen LogP contribution is 2.32. The van der Waals surface area contributed by atoms with Crippen molar-refractivity contribution in [1.29, 1.82) is 0 Å². The molecule has 0 aromatic carbocycles. The highest BCUT2D eigenvalue weighted by atomic mass is 16.5. The third-order valence-electron chi connectivity index (χ3n) is 7.39. The Morgan fingerprint density at radius 2 is 1.89 bits per heavy atom. The second-order valence-corrected chi connectivity index (χ2v) is 9.82. The van der Waals surface area contributed by atoms with Gasteiger partial charge >= 0.3 is 0 Å². The van der Waals surface area contributed by atoms with Gasteiger partial charge in [0.1, 0.15) is 11.9 Å². The zero-order chi connectivity index (χ0) is 25.5. The molecule has 2 atom stereocenters. The number of rotatable bonds is 9. The SMILES string of the molecule is O=CN(O)CC(CC1CCCC1)C(=O)N1CCC[C@@H]1C(=O)NC(=O)c1ccc(N2CCOCC2)nc1. The van der Waals surface area contributed by atoms with Gasteiger partial charge in [-0.1, -0.05) is 25.7 Å². The zero-order valence-corrected chi connectivity index (χ0v) is 20.5. The third-order valence-corrected chi connectivity index (χ3v) is 7.39. The average molecular weight is 502 g/mol. The van der Waals surface area contributed by atoms with Crippen molar-refractivity contribution in [3.63, 3.8) is 0 Å². The summed E-state index contributed by atoms with van der Waals surface area (Å²) in [7, 11) is 0. The van der Waals surface area contributed by atoms with E-state index < -0.39 is 23.8 Å². The number of anilines is 1. The Hall–Kier alpha value is -3.05. The number of likely N-dealkylation sites (tertiary alicyclic amines) is 1. The topological polar surface area (TPSA) is 132 Å². The van der Waals surface area contributed by atoms with Crippen LogP contribution in [0.1, 0.15) is 55.3 Å². The van der Waals surface area contributed by atoms with Crippen LogP contribution in [0.2, 0.25) is 0 Å². The standard InChI is InChI=1S/C25H35N5O6/c31-17-29(35)16-20(14-18-4-1-2-5-18)25(34)30-9-3-6-21(30)24(33)27-23(32)19-7-8-22(26-15-19)28-10-12-36-13-11-28/h7-8,15,17-18,20-21,35H,1-6,9-14,16H2,(H,27,32,33)/t20?,21-/m1/s1. The smallest absolute Gasteiger partial charge is 0.259 e. The van der Waals surface area contributed by atoms with Crippen LogP contribution in [0.4, 0.5) is 5.82 Å². The lowest BCUT2D eigenvalue weighted by molar-refractivity contribution is -0.158. The molecule has 3 heterocycles. The molecule has 4 rings (SSSR count). The van der Waals surface area contributed by atoms with E-state index in [9.17, 15) is 24.4 Å². The molecule has 1 aromatic rings. The number of carbonyl (C=O) groups excluding carboxylic acids is 4. The van der Waals surface area contributed by atoms with Gasteiger partial charge in [0.2, 0.25) is 18.2 Å². The van der Waals surface area contributed by atoms with Crippen molar-refractivity contribution in [3.8, 4) is 0 Å². The van der Waals surface area contributed by atoms with Crippen LogP contribution in [0.15, 0.2) is 18.3 Å². The first-order valence-electron chi connectivity index (χ1n) is 12.8. The summed E-state index contributed by atoms with van der Waals surface area (Å²) in [6, 6.07) is 2.61. The van der Waals surface area contributed by atoms with Crippen molar-refractivity contribution >= 4 is 29.9 Å². The molecule has 2 saturated heterocycles. The number of aromatic nitrogens is 1. The number of morpholine rings is 1. The first-order chi connectivity index (χ1) is 17.5. The molecule has 2 N–H and O–H groups in total. The number of amides is 4. The Labute approximate surface area is 210 Å². The molecule has 1 aliphatic carbocycles. The number of hydrogen-bond acceptors (Lipinski definition) is 8. The largest absolute Gasteiger partial charge is 0.378 e. The molecule has 4 amide bonds. The number of pyridine rings is 1. The molecule has 2 aliphatic heterocycles. The number of hydrogen-bond donors (Lipinski definition) is 2. The summed E-state index contributed by atoms with van der Waals surface area (Å²) < 4.78 is 5.34. The van der Waals surface area contributed by atoms with Crippen LogP contribution >= 0.6 is 0 Å². The number of nitrogens with one attached hydrogen (secondary N) is 1. The summed E-state index contributed by atoms with van der Waals surface area (Å²) >= 11 is 0. The van der Waals surface area contributed by atoms with E-state index in [-0.39, 0.29) is 18.0 Å². The summed E-state index contributed by atoms with van der Waals surface area (Å²) in [6.45, 7) is 3.00. The molecule has 0 spiro atoms. The molecule has 0 bridgehead atoms. The predicted molar refractivity (Wildman–Crippen MR) is 129 cm³/mol.